The summed E-state index contributed by atoms with van der Waals surface area (Å²) in [7, 11) is 0. The van der Waals surface area contributed by atoms with Crippen LogP contribution in [0.15, 0.2) is 53.5 Å². The van der Waals surface area contributed by atoms with Crippen LogP contribution < -0.4 is 10.9 Å². The topological polar surface area (TPSA) is 81.8 Å². The summed E-state index contributed by atoms with van der Waals surface area (Å²) in [6.45, 7) is 1.81. The molecule has 0 aliphatic heterocycles. The molecule has 158 valence electrons. The van der Waals surface area contributed by atoms with Crippen LogP contribution in [-0.4, -0.2) is 25.2 Å². The molecule has 2 heterocycles. The van der Waals surface area contributed by atoms with E-state index in [9.17, 15) is 14.0 Å². The fourth-order valence-corrected chi connectivity index (χ4v) is 3.61. The van der Waals surface area contributed by atoms with Gasteiger partial charge in [0.2, 0.25) is 5.91 Å². The zero-order chi connectivity index (χ0) is 22.1. The molecule has 2 aromatic carbocycles. The Morgan fingerprint density at radius 2 is 1.90 bits per heavy atom. The van der Waals surface area contributed by atoms with Crippen LogP contribution in [0.2, 0.25) is 10.0 Å². The highest BCUT2D eigenvalue weighted by molar-refractivity contribution is 6.36. The number of halogens is 3. The molecular formula is C21H16Cl2FN5O2. The van der Waals surface area contributed by atoms with Crippen LogP contribution in [0.3, 0.4) is 0 Å². The number of amides is 1. The third-order valence-electron chi connectivity index (χ3n) is 4.72. The van der Waals surface area contributed by atoms with E-state index in [1.54, 1.807) is 31.2 Å². The predicted octanol–water partition coefficient (Wildman–Crippen LogP) is 4.37. The minimum Gasteiger partial charge on any atom is -0.325 e. The van der Waals surface area contributed by atoms with Gasteiger partial charge in [-0.1, -0.05) is 23.2 Å². The molecular weight excluding hydrogens is 444 g/mol. The largest absolute Gasteiger partial charge is 0.325 e. The normalized spacial score (nSPS) is 11.1. The van der Waals surface area contributed by atoms with Crippen molar-refractivity contribution < 1.29 is 9.18 Å². The Bertz CT molecular complexity index is 1350. The number of aromatic nitrogens is 4. The van der Waals surface area contributed by atoms with Crippen LogP contribution in [0.5, 0.6) is 0 Å². The Labute approximate surface area is 186 Å². The predicted molar refractivity (Wildman–Crippen MR) is 118 cm³/mol. The quantitative estimate of drug-likeness (QED) is 0.480. The molecule has 0 aliphatic rings. The van der Waals surface area contributed by atoms with Gasteiger partial charge in [-0.15, -0.1) is 0 Å². The molecule has 7 nitrogen and oxygen atoms in total. The highest BCUT2D eigenvalue weighted by Crippen LogP contribution is 2.25. The number of benzene rings is 2. The first-order valence-corrected chi connectivity index (χ1v) is 10.0. The standard InChI is InChI=1S/C21H16Cl2FN5O2/c1-12-26-20-16(11-25-29(20)15-5-3-14(24)4-6-15)21(31)28(12)9-8-19(30)27-18-7-2-13(22)10-17(18)23/h2-7,10-11H,8-9H2,1H3,(H,27,30). The van der Waals surface area contributed by atoms with Crippen molar-refractivity contribution in [1.29, 1.82) is 0 Å². The first-order valence-electron chi connectivity index (χ1n) is 9.29. The molecule has 1 N–H and O–H groups in total. The highest BCUT2D eigenvalue weighted by atomic mass is 35.5. The van der Waals surface area contributed by atoms with Crippen LogP contribution in [-0.2, 0) is 11.3 Å². The van der Waals surface area contributed by atoms with Gasteiger partial charge in [0.1, 0.15) is 17.0 Å². The van der Waals surface area contributed by atoms with Crippen molar-refractivity contribution in [2.24, 2.45) is 0 Å². The van der Waals surface area contributed by atoms with E-state index in [0.717, 1.165) is 0 Å². The van der Waals surface area contributed by atoms with Crippen molar-refractivity contribution in [2.45, 2.75) is 19.9 Å². The average molecular weight is 460 g/mol. The summed E-state index contributed by atoms with van der Waals surface area (Å²) in [6.07, 6.45) is 1.45. The lowest BCUT2D eigenvalue weighted by Crippen LogP contribution is -2.26. The Kier molecular flexibility index (Phi) is 5.75. The van der Waals surface area contributed by atoms with E-state index in [1.165, 1.54) is 33.6 Å². The summed E-state index contributed by atoms with van der Waals surface area (Å²) < 4.78 is 16.1. The molecule has 1 amide bonds. The first-order chi connectivity index (χ1) is 14.8. The number of fused-ring (bicyclic) bond motifs is 1. The van der Waals surface area contributed by atoms with Crippen molar-refractivity contribution in [2.75, 3.05) is 5.32 Å². The summed E-state index contributed by atoms with van der Waals surface area (Å²) in [6, 6.07) is 10.5. The van der Waals surface area contributed by atoms with Crippen molar-refractivity contribution in [3.63, 3.8) is 0 Å². The summed E-state index contributed by atoms with van der Waals surface area (Å²) in [4.78, 5) is 29.8. The number of anilines is 1. The fraction of sp³-hybridized carbons (Fsp3) is 0.143. The van der Waals surface area contributed by atoms with Crippen LogP contribution in [0.4, 0.5) is 10.1 Å². The molecule has 0 fully saturated rings. The number of aryl methyl sites for hydroxylation is 1. The Morgan fingerprint density at radius 3 is 2.61 bits per heavy atom. The van der Waals surface area contributed by atoms with Gasteiger partial charge < -0.3 is 5.32 Å². The van der Waals surface area contributed by atoms with Gasteiger partial charge in [-0.05, 0) is 49.4 Å². The smallest absolute Gasteiger partial charge is 0.264 e. The van der Waals surface area contributed by atoms with Crippen LogP contribution in [0.25, 0.3) is 16.7 Å². The van der Waals surface area contributed by atoms with E-state index < -0.39 is 0 Å². The lowest BCUT2D eigenvalue weighted by atomic mass is 10.3. The van der Waals surface area contributed by atoms with E-state index in [0.29, 0.717) is 38.3 Å². The SMILES string of the molecule is Cc1nc2c(cnn2-c2ccc(F)cc2)c(=O)n1CCC(=O)Nc1ccc(Cl)cc1Cl. The number of hydrogen-bond acceptors (Lipinski definition) is 4. The van der Waals surface area contributed by atoms with Crippen molar-refractivity contribution in [3.05, 3.63) is 80.7 Å². The van der Waals surface area contributed by atoms with Gasteiger partial charge in [0.25, 0.3) is 5.56 Å². The van der Waals surface area contributed by atoms with Gasteiger partial charge in [0, 0.05) is 18.0 Å². The molecule has 4 aromatic rings. The third kappa shape index (κ3) is 4.30. The van der Waals surface area contributed by atoms with E-state index >= 15 is 0 Å². The molecule has 2 aromatic heterocycles. The van der Waals surface area contributed by atoms with Crippen molar-refractivity contribution in [1.82, 2.24) is 19.3 Å². The molecule has 31 heavy (non-hydrogen) atoms. The number of carbonyl (C=O) groups is 1. The number of carbonyl (C=O) groups excluding carboxylic acids is 1. The summed E-state index contributed by atoms with van der Waals surface area (Å²) in [5, 5.41) is 8.01. The monoisotopic (exact) mass is 459 g/mol. The zero-order valence-corrected chi connectivity index (χ0v) is 17.8. The third-order valence-corrected chi connectivity index (χ3v) is 5.26. The minimum absolute atomic E-state index is 0.0407. The fourth-order valence-electron chi connectivity index (χ4n) is 3.16. The number of rotatable bonds is 5. The zero-order valence-electron chi connectivity index (χ0n) is 16.3. The first kappa shape index (κ1) is 21.0. The molecule has 0 bridgehead atoms. The number of nitrogens with one attached hydrogen (secondary N) is 1. The minimum atomic E-state index is -0.370. The van der Waals surface area contributed by atoms with Crippen LogP contribution in [0.1, 0.15) is 12.2 Å². The number of nitrogens with zero attached hydrogens (tertiary/aromatic N) is 4. The van der Waals surface area contributed by atoms with Gasteiger partial charge in [0.05, 0.1) is 22.6 Å². The van der Waals surface area contributed by atoms with Crippen molar-refractivity contribution >= 4 is 45.8 Å². The lowest BCUT2D eigenvalue weighted by Gasteiger charge is -2.11. The van der Waals surface area contributed by atoms with Crippen LogP contribution in [0, 0.1) is 12.7 Å². The molecule has 0 spiro atoms. The molecule has 4 rings (SSSR count). The molecule has 10 heteroatoms. The van der Waals surface area contributed by atoms with Crippen LogP contribution >= 0.6 is 23.2 Å². The van der Waals surface area contributed by atoms with E-state index in [2.05, 4.69) is 15.4 Å². The highest BCUT2D eigenvalue weighted by Gasteiger charge is 2.15. The Morgan fingerprint density at radius 1 is 1.16 bits per heavy atom. The van der Waals surface area contributed by atoms with E-state index in [1.807, 2.05) is 0 Å². The maximum atomic E-state index is 13.2. The maximum Gasteiger partial charge on any atom is 0.264 e. The lowest BCUT2D eigenvalue weighted by molar-refractivity contribution is -0.116. The van der Waals surface area contributed by atoms with Crippen molar-refractivity contribution in [3.8, 4) is 5.69 Å². The van der Waals surface area contributed by atoms with Gasteiger partial charge >= 0.3 is 0 Å². The Balaban J connectivity index is 1.56. The summed E-state index contributed by atoms with van der Waals surface area (Å²) in [5.74, 6) is -0.249. The molecule has 0 radical (unpaired) electrons. The second-order valence-corrected chi connectivity index (χ2v) is 7.65. The van der Waals surface area contributed by atoms with Gasteiger partial charge in [-0.25, -0.2) is 14.1 Å². The second-order valence-electron chi connectivity index (χ2n) is 6.81. The van der Waals surface area contributed by atoms with E-state index in [4.69, 9.17) is 23.2 Å². The second kappa shape index (κ2) is 8.49. The maximum absolute atomic E-state index is 13.2. The van der Waals surface area contributed by atoms with Gasteiger partial charge in [-0.3, -0.25) is 14.2 Å². The Hall–Kier alpha value is -3.23. The summed E-state index contributed by atoms with van der Waals surface area (Å²) in [5.41, 5.74) is 1.07. The van der Waals surface area contributed by atoms with Gasteiger partial charge in [0.15, 0.2) is 5.65 Å². The molecule has 0 saturated carbocycles. The van der Waals surface area contributed by atoms with Gasteiger partial charge in [-0.2, -0.15) is 5.10 Å². The molecule has 0 saturated heterocycles. The molecule has 0 unspecified atom stereocenters. The molecule has 0 atom stereocenters. The number of hydrogen-bond donors (Lipinski definition) is 1. The summed E-state index contributed by atoms with van der Waals surface area (Å²) >= 11 is 11.9. The van der Waals surface area contributed by atoms with E-state index in [-0.39, 0.29) is 30.2 Å². The molecule has 0 aliphatic carbocycles. The average Bonchev–Trinajstić information content (AvgIpc) is 3.14.